The molecule has 8 nitrogen and oxygen atoms in total. The summed E-state index contributed by atoms with van der Waals surface area (Å²) in [6.07, 6.45) is 0.929. The number of methoxy groups -OCH3 is 1. The highest BCUT2D eigenvalue weighted by Gasteiger charge is 2.24. The third-order valence-electron chi connectivity index (χ3n) is 4.65. The Morgan fingerprint density at radius 3 is 2.34 bits per heavy atom. The van der Waals surface area contributed by atoms with Crippen molar-refractivity contribution in [1.82, 2.24) is 9.88 Å². The Hall–Kier alpha value is -3.29. The molecule has 0 N–H and O–H groups in total. The van der Waals surface area contributed by atoms with Crippen LogP contribution in [0.3, 0.4) is 0 Å². The van der Waals surface area contributed by atoms with E-state index in [-0.39, 0.29) is 12.5 Å². The minimum atomic E-state index is -0.822. The average molecular weight is 399 g/mol. The fourth-order valence-electron chi connectivity index (χ4n) is 2.97. The topological polar surface area (TPSA) is 81.2 Å². The van der Waals surface area contributed by atoms with Crippen molar-refractivity contribution in [2.45, 2.75) is 13.0 Å². The van der Waals surface area contributed by atoms with E-state index in [1.54, 1.807) is 49.4 Å². The van der Waals surface area contributed by atoms with Gasteiger partial charge in [0.15, 0.2) is 12.7 Å². The highest BCUT2D eigenvalue weighted by molar-refractivity contribution is 5.82. The molecule has 0 spiro atoms. The molecule has 1 aliphatic rings. The molecule has 1 aliphatic heterocycles. The second kappa shape index (κ2) is 9.77. The van der Waals surface area contributed by atoms with Crippen molar-refractivity contribution in [3.63, 3.8) is 0 Å². The average Bonchev–Trinajstić information content (AvgIpc) is 2.78. The van der Waals surface area contributed by atoms with E-state index >= 15 is 0 Å². The molecular formula is C21H25N3O5. The lowest BCUT2D eigenvalue weighted by molar-refractivity contribution is -0.157. The van der Waals surface area contributed by atoms with Gasteiger partial charge in [-0.25, -0.2) is 9.78 Å². The summed E-state index contributed by atoms with van der Waals surface area (Å²) < 4.78 is 15.8. The van der Waals surface area contributed by atoms with Gasteiger partial charge in [-0.15, -0.1) is 0 Å². The Balaban J connectivity index is 1.41. The van der Waals surface area contributed by atoms with E-state index in [1.165, 1.54) is 0 Å². The van der Waals surface area contributed by atoms with Crippen molar-refractivity contribution in [2.75, 3.05) is 44.8 Å². The quantitative estimate of drug-likeness (QED) is 0.656. The summed E-state index contributed by atoms with van der Waals surface area (Å²) in [7, 11) is 1.57. The number of esters is 1. The Bertz CT molecular complexity index is 805. The monoisotopic (exact) mass is 399 g/mol. The van der Waals surface area contributed by atoms with Gasteiger partial charge in [-0.3, -0.25) is 4.79 Å². The first-order valence-corrected chi connectivity index (χ1v) is 9.48. The Kier molecular flexibility index (Phi) is 6.89. The number of anilines is 1. The first-order valence-electron chi connectivity index (χ1n) is 9.48. The van der Waals surface area contributed by atoms with E-state index in [1.807, 2.05) is 18.2 Å². The number of benzene rings is 1. The van der Waals surface area contributed by atoms with E-state index in [2.05, 4.69) is 9.88 Å². The lowest BCUT2D eigenvalue weighted by Crippen LogP contribution is -2.50. The van der Waals surface area contributed by atoms with Crippen LogP contribution in [0.4, 0.5) is 5.82 Å². The maximum atomic E-state index is 12.4. The normalized spacial score (nSPS) is 14.8. The number of ether oxygens (including phenoxy) is 3. The number of aromatic nitrogens is 1. The largest absolute Gasteiger partial charge is 0.497 e. The zero-order chi connectivity index (χ0) is 20.6. The van der Waals surface area contributed by atoms with Gasteiger partial charge < -0.3 is 24.0 Å². The Morgan fingerprint density at radius 2 is 1.72 bits per heavy atom. The smallest absolute Gasteiger partial charge is 0.347 e. The fourth-order valence-corrected chi connectivity index (χ4v) is 2.97. The minimum absolute atomic E-state index is 0.212. The molecule has 2 aromatic rings. The maximum Gasteiger partial charge on any atom is 0.347 e. The number of carbonyl (C=O) groups excluding carboxylic acids is 2. The van der Waals surface area contributed by atoms with E-state index < -0.39 is 12.1 Å². The van der Waals surface area contributed by atoms with Crippen molar-refractivity contribution in [3.8, 4) is 11.5 Å². The van der Waals surface area contributed by atoms with Gasteiger partial charge in [0.05, 0.1) is 7.11 Å². The van der Waals surface area contributed by atoms with Crippen LogP contribution in [0, 0.1) is 0 Å². The van der Waals surface area contributed by atoms with Crippen LogP contribution in [0.2, 0.25) is 0 Å². The Morgan fingerprint density at radius 1 is 1.03 bits per heavy atom. The molecule has 3 rings (SSSR count). The van der Waals surface area contributed by atoms with Crippen LogP contribution in [0.25, 0.3) is 0 Å². The molecule has 1 aromatic carbocycles. The molecule has 1 fully saturated rings. The fraction of sp³-hybridized carbons (Fsp3) is 0.381. The molecule has 1 unspecified atom stereocenters. The molecule has 154 valence electrons. The summed E-state index contributed by atoms with van der Waals surface area (Å²) in [5.41, 5.74) is 0. The van der Waals surface area contributed by atoms with E-state index in [0.717, 1.165) is 5.82 Å². The van der Waals surface area contributed by atoms with Gasteiger partial charge in [-0.2, -0.15) is 0 Å². The molecule has 2 heterocycles. The third-order valence-corrected chi connectivity index (χ3v) is 4.65. The molecule has 1 saturated heterocycles. The zero-order valence-electron chi connectivity index (χ0n) is 16.6. The van der Waals surface area contributed by atoms with Crippen molar-refractivity contribution in [1.29, 1.82) is 0 Å². The van der Waals surface area contributed by atoms with Crippen LogP contribution in [0.5, 0.6) is 11.5 Å². The molecule has 1 aromatic heterocycles. The molecule has 0 bridgehead atoms. The third kappa shape index (κ3) is 5.60. The number of carbonyl (C=O) groups is 2. The van der Waals surface area contributed by atoms with Gasteiger partial charge in [0.2, 0.25) is 0 Å². The molecule has 0 radical (unpaired) electrons. The predicted molar refractivity (Wildman–Crippen MR) is 107 cm³/mol. The second-order valence-corrected chi connectivity index (χ2v) is 6.60. The van der Waals surface area contributed by atoms with Crippen molar-refractivity contribution in [3.05, 3.63) is 48.7 Å². The molecule has 8 heteroatoms. The van der Waals surface area contributed by atoms with Crippen LogP contribution in [0.15, 0.2) is 48.7 Å². The lowest BCUT2D eigenvalue weighted by Gasteiger charge is -2.35. The van der Waals surface area contributed by atoms with Gasteiger partial charge in [0, 0.05) is 32.4 Å². The van der Waals surface area contributed by atoms with E-state index in [9.17, 15) is 9.59 Å². The number of piperazine rings is 1. The number of hydrogen-bond donors (Lipinski definition) is 0. The lowest BCUT2D eigenvalue weighted by atomic mass is 10.3. The number of nitrogens with zero attached hydrogens (tertiary/aromatic N) is 3. The molecular weight excluding hydrogens is 374 g/mol. The highest BCUT2D eigenvalue weighted by Crippen LogP contribution is 2.18. The molecule has 1 atom stereocenters. The number of pyridine rings is 1. The number of amides is 1. The summed E-state index contributed by atoms with van der Waals surface area (Å²) in [6, 6.07) is 12.6. The first kappa shape index (κ1) is 20.4. The number of rotatable bonds is 7. The minimum Gasteiger partial charge on any atom is -0.497 e. The zero-order valence-corrected chi connectivity index (χ0v) is 16.6. The Labute approximate surface area is 170 Å². The molecule has 1 amide bonds. The van der Waals surface area contributed by atoms with Crippen LogP contribution in [-0.2, 0) is 14.3 Å². The van der Waals surface area contributed by atoms with Crippen LogP contribution in [0.1, 0.15) is 6.92 Å². The van der Waals surface area contributed by atoms with E-state index in [0.29, 0.717) is 37.7 Å². The predicted octanol–water partition coefficient (Wildman–Crippen LogP) is 1.75. The first-order chi connectivity index (χ1) is 14.1. The van der Waals surface area contributed by atoms with Crippen LogP contribution >= 0.6 is 0 Å². The van der Waals surface area contributed by atoms with Gasteiger partial charge in [0.1, 0.15) is 17.3 Å². The van der Waals surface area contributed by atoms with Gasteiger partial charge in [-0.1, -0.05) is 6.07 Å². The van der Waals surface area contributed by atoms with Gasteiger partial charge in [-0.05, 0) is 43.3 Å². The SMILES string of the molecule is COc1ccc(OC(C)C(=O)OCC(=O)N2CCN(c3ccccn3)CC2)cc1. The van der Waals surface area contributed by atoms with E-state index in [4.69, 9.17) is 14.2 Å². The summed E-state index contributed by atoms with van der Waals surface area (Å²) in [6.45, 7) is 3.79. The summed E-state index contributed by atoms with van der Waals surface area (Å²) in [5, 5.41) is 0. The summed E-state index contributed by atoms with van der Waals surface area (Å²) >= 11 is 0. The van der Waals surface area contributed by atoms with Crippen LogP contribution < -0.4 is 14.4 Å². The highest BCUT2D eigenvalue weighted by atomic mass is 16.6. The second-order valence-electron chi connectivity index (χ2n) is 6.60. The van der Waals surface area contributed by atoms with Crippen molar-refractivity contribution in [2.24, 2.45) is 0 Å². The number of hydrogen-bond acceptors (Lipinski definition) is 7. The van der Waals surface area contributed by atoms with Gasteiger partial charge >= 0.3 is 5.97 Å². The molecule has 0 saturated carbocycles. The van der Waals surface area contributed by atoms with Crippen molar-refractivity contribution >= 4 is 17.7 Å². The standard InChI is InChI=1S/C21H25N3O5/c1-16(29-18-8-6-17(27-2)7-9-18)21(26)28-15-20(25)24-13-11-23(12-14-24)19-5-3-4-10-22-19/h3-10,16H,11-15H2,1-2H3. The van der Waals surface area contributed by atoms with Crippen LogP contribution in [-0.4, -0.2) is 67.8 Å². The summed E-state index contributed by atoms with van der Waals surface area (Å²) in [4.78, 5) is 32.6. The molecule has 0 aliphatic carbocycles. The van der Waals surface area contributed by atoms with Gasteiger partial charge in [0.25, 0.3) is 5.91 Å². The summed E-state index contributed by atoms with van der Waals surface area (Å²) in [5.74, 6) is 1.32. The van der Waals surface area contributed by atoms with Crippen molar-refractivity contribution < 1.29 is 23.8 Å². The molecule has 29 heavy (non-hydrogen) atoms. The maximum absolute atomic E-state index is 12.4.